The number of aryl methyl sites for hydroxylation is 8. The third-order valence-corrected chi connectivity index (χ3v) is 20.2. The second-order valence-corrected chi connectivity index (χ2v) is 29.5. The lowest BCUT2D eigenvalue weighted by molar-refractivity contribution is 0.0588. The van der Waals surface area contributed by atoms with Crippen LogP contribution in [0.2, 0.25) is 0 Å². The number of phenolic OH excluding ortho intramolecular Hbond substituents is 12. The van der Waals surface area contributed by atoms with E-state index >= 15 is 0 Å². The maximum absolute atomic E-state index is 12.3. The number of carbonyl (C=O) groups excluding carboxylic acids is 8. The van der Waals surface area contributed by atoms with Crippen LogP contribution in [0.15, 0.2) is 231 Å². The number of ether oxygens (including phenoxy) is 9. The number of benzene rings is 12. The van der Waals surface area contributed by atoms with Gasteiger partial charge in [-0.15, -0.1) is 0 Å². The molecule has 0 fully saturated rings. The topological polar surface area (TPSA) is 462 Å². The molecule has 0 atom stereocenters. The molecule has 702 valence electrons. The molecule has 0 saturated carbocycles. The Balaban J connectivity index is 0.000000220. The van der Waals surface area contributed by atoms with E-state index in [4.69, 9.17) is 33.2 Å². The van der Waals surface area contributed by atoms with Crippen LogP contribution in [0.4, 0.5) is 0 Å². The number of carbonyl (C=O) groups is 8. The molecule has 0 saturated heterocycles. The van der Waals surface area contributed by atoms with Gasteiger partial charge in [0.2, 0.25) is 34.7 Å². The number of esters is 2. The molecule has 12 N–H and O–H groups in total. The molecule has 0 radical (unpaired) electrons. The first-order chi connectivity index (χ1) is 64.0. The van der Waals surface area contributed by atoms with Crippen LogP contribution in [-0.4, -0.2) is 169 Å². The molecule has 29 heteroatoms. The average molecular weight is 1830 g/mol. The van der Waals surface area contributed by atoms with E-state index in [0.29, 0.717) is 112 Å². The highest BCUT2D eigenvalue weighted by Gasteiger charge is 2.24. The van der Waals surface area contributed by atoms with Crippen molar-refractivity contribution in [2.75, 3.05) is 61.0 Å². The molecular weight excluding hydrogens is 1730 g/mol. The predicted octanol–water partition coefficient (Wildman–Crippen LogP) is 18.3. The van der Waals surface area contributed by atoms with Crippen molar-refractivity contribution in [1.29, 1.82) is 0 Å². The number of Topliss-reactive ketones (excluding diaryl/α,β-unsaturated/α-hetero) is 6. The normalized spacial score (nSPS) is 10.3. The third-order valence-electron chi connectivity index (χ3n) is 20.2. The van der Waals surface area contributed by atoms with Gasteiger partial charge in [-0.2, -0.15) is 0 Å². The summed E-state index contributed by atoms with van der Waals surface area (Å²) in [5, 5.41) is 117. The van der Waals surface area contributed by atoms with E-state index in [2.05, 4.69) is 16.1 Å². The predicted molar refractivity (Wildman–Crippen MR) is 501 cm³/mol. The van der Waals surface area contributed by atoms with Crippen LogP contribution >= 0.6 is 0 Å². The van der Waals surface area contributed by atoms with Crippen molar-refractivity contribution in [3.05, 3.63) is 326 Å². The summed E-state index contributed by atoms with van der Waals surface area (Å²) in [6.07, 6.45) is 3.32. The molecule has 0 bridgehead atoms. The Kier molecular flexibility index (Phi) is 40.3. The average Bonchev–Trinajstić information content (AvgIpc) is 0.837. The fraction of sp³-hybridized carbons (Fsp3) is 0.219. The molecule has 29 nitrogen and oxygen atoms in total. The molecule has 0 aliphatic heterocycles. The van der Waals surface area contributed by atoms with Gasteiger partial charge in [-0.05, 0) is 213 Å². The van der Waals surface area contributed by atoms with Gasteiger partial charge in [-0.25, -0.2) is 9.59 Å². The van der Waals surface area contributed by atoms with E-state index in [1.165, 1.54) is 100 Å². The summed E-state index contributed by atoms with van der Waals surface area (Å²) < 4.78 is 46.8. The van der Waals surface area contributed by atoms with Gasteiger partial charge in [0.25, 0.3) is 0 Å². The Morgan fingerprint density at radius 3 is 0.828 bits per heavy atom. The Morgan fingerprint density at radius 2 is 0.515 bits per heavy atom. The quantitative estimate of drug-likeness (QED) is 0.0101. The molecule has 12 aromatic rings. The van der Waals surface area contributed by atoms with Crippen LogP contribution in [-0.2, 0) is 52.7 Å². The minimum atomic E-state index is -0.571. The first-order valence-corrected chi connectivity index (χ1v) is 42.2. The molecule has 0 heterocycles. The molecule has 0 aliphatic carbocycles. The lowest BCUT2D eigenvalue weighted by Gasteiger charge is -2.11. The van der Waals surface area contributed by atoms with Gasteiger partial charge in [0, 0.05) is 42.0 Å². The molecule has 0 aliphatic rings. The molecule has 0 unspecified atom stereocenters. The smallest absolute Gasteiger partial charge is 0.341 e. The van der Waals surface area contributed by atoms with Crippen LogP contribution in [0.25, 0.3) is 5.76 Å². The summed E-state index contributed by atoms with van der Waals surface area (Å²) in [4.78, 5) is 96.1. The lowest BCUT2D eigenvalue weighted by Crippen LogP contribution is -2.14. The molecule has 12 aromatic carbocycles. The van der Waals surface area contributed by atoms with Gasteiger partial charge in [-0.3, -0.25) is 28.8 Å². The molecule has 0 aromatic heterocycles. The Morgan fingerprint density at radius 1 is 0.239 bits per heavy atom. The van der Waals surface area contributed by atoms with Gasteiger partial charge in [-0.1, -0.05) is 120 Å². The van der Waals surface area contributed by atoms with E-state index in [1.54, 1.807) is 78.9 Å². The Hall–Kier alpha value is -16.5. The zero-order chi connectivity index (χ0) is 98.4. The minimum Gasteiger partial charge on any atom is -0.508 e. The molecule has 0 amide bonds. The largest absolute Gasteiger partial charge is 0.508 e. The van der Waals surface area contributed by atoms with Crippen molar-refractivity contribution in [2.24, 2.45) is 0 Å². The highest BCUT2D eigenvalue weighted by molar-refractivity contribution is 6.04. The number of aromatic hydroxyl groups is 12. The monoisotopic (exact) mass is 1830 g/mol. The highest BCUT2D eigenvalue weighted by atomic mass is 16.5. The van der Waals surface area contributed by atoms with Crippen molar-refractivity contribution in [3.8, 4) is 103 Å². The van der Waals surface area contributed by atoms with Gasteiger partial charge < -0.3 is 104 Å². The second-order valence-electron chi connectivity index (χ2n) is 29.5. The summed E-state index contributed by atoms with van der Waals surface area (Å²) in [6, 6.07) is 59.2. The van der Waals surface area contributed by atoms with Crippen LogP contribution in [0.3, 0.4) is 0 Å². The summed E-state index contributed by atoms with van der Waals surface area (Å²) in [5.74, 6) is -1.63. The summed E-state index contributed by atoms with van der Waals surface area (Å²) in [7, 11) is 4.07. The van der Waals surface area contributed by atoms with Gasteiger partial charge in [0.1, 0.15) is 115 Å². The number of hydrogen-bond donors (Lipinski definition) is 12. The van der Waals surface area contributed by atoms with E-state index in [9.17, 15) is 99.6 Å². The lowest BCUT2D eigenvalue weighted by atomic mass is 10.0. The summed E-state index contributed by atoms with van der Waals surface area (Å²) in [6.45, 7) is 17.4. The van der Waals surface area contributed by atoms with Gasteiger partial charge in [0.15, 0.2) is 39.6 Å². The number of hydrogen-bond acceptors (Lipinski definition) is 29. The SMILES string of the molecule is C=C(OC)c1cccc(OCC(=O)c2cc(CC)c(O)cc2O)c1.CCc1cc(C(=O)COc2ccc(C(=O)OC)cc2)c(O)cc1O.CCc1cc(C(=O)COc2ccc(C)cc2)c(O)cc1O.CCc1cc(C(=O)COc2cccc(C)c2)c(O)cc1O.CCc1cc(C(=O)COc2ccccc2)c(O)cc1O.CCc1cc(C(=O)COc2ccccc2C(=O)OC)c(O)cc1O. The maximum Gasteiger partial charge on any atom is 0.341 e. The number of ketones is 6. The zero-order valence-corrected chi connectivity index (χ0v) is 75.9. The highest BCUT2D eigenvalue weighted by Crippen LogP contribution is 2.36. The molecular formula is C105H108O29. The first kappa shape index (κ1) is 105. The fourth-order valence-electron chi connectivity index (χ4n) is 12.5. The minimum absolute atomic E-state index is 0.00819. The van der Waals surface area contributed by atoms with Crippen LogP contribution in [0.1, 0.15) is 174 Å². The third kappa shape index (κ3) is 30.6. The zero-order valence-electron chi connectivity index (χ0n) is 75.9. The van der Waals surface area contributed by atoms with E-state index < -0.39 is 23.5 Å². The van der Waals surface area contributed by atoms with Crippen molar-refractivity contribution in [1.82, 2.24) is 0 Å². The van der Waals surface area contributed by atoms with Gasteiger partial charge in [0.05, 0.1) is 60.3 Å². The van der Waals surface area contributed by atoms with Crippen LogP contribution < -0.4 is 28.4 Å². The summed E-state index contributed by atoms with van der Waals surface area (Å²) >= 11 is 0. The van der Waals surface area contributed by atoms with Crippen molar-refractivity contribution in [2.45, 2.75) is 93.9 Å². The number of para-hydroxylation sites is 2. The standard InChI is InChI=1S/C19H20O5.2C18H18O6.2C17H18O4.C16H16O4/c1-4-13-9-16(18(21)10-17(13)20)19(22)11-24-15-7-5-6-14(8-15)12(2)23-3;1-3-11-8-14(16(20)9-15(11)19)17(21)10-24-13-6-4-12(5-7-13)18(22)23-2;1-3-11-8-13(15(20)9-14(11)19)16(21)10-24-17-7-5-4-6-12(17)18(22)23-2;1-3-12-8-14(16(19)9-15(12)18)17(20)10-21-13-6-4-11(2)5-7-13;1-3-12-8-14(16(19)9-15(12)18)17(20)10-21-13-6-4-5-11(2)7-13;1-2-11-8-13(15(18)9-14(11)17)16(19)10-20-12-6-4-3-5-7-12/h5-10,20-21H,2,4,11H2,1,3H3;2*4-9,19-20H,3,10H2,1-2H3;2*4-9,18-19H,3,10H2,1-2H3;3-9,17-18H,2,10H2,1H3. The van der Waals surface area contributed by atoms with E-state index in [1.807, 2.05) is 110 Å². The van der Waals surface area contributed by atoms with Crippen LogP contribution in [0, 0.1) is 13.8 Å². The number of phenols is 12. The second kappa shape index (κ2) is 51.7. The summed E-state index contributed by atoms with van der Waals surface area (Å²) in [5.41, 5.74) is 7.81. The van der Waals surface area contributed by atoms with Gasteiger partial charge >= 0.3 is 11.9 Å². The maximum atomic E-state index is 12.3. The van der Waals surface area contributed by atoms with E-state index in [-0.39, 0.29) is 176 Å². The molecule has 12 rings (SSSR count). The van der Waals surface area contributed by atoms with Crippen molar-refractivity contribution in [3.63, 3.8) is 0 Å². The number of methoxy groups -OCH3 is 3. The van der Waals surface area contributed by atoms with Crippen molar-refractivity contribution >= 4 is 52.4 Å². The fourth-order valence-corrected chi connectivity index (χ4v) is 12.5. The first-order valence-electron chi connectivity index (χ1n) is 42.2. The van der Waals surface area contributed by atoms with E-state index in [0.717, 1.165) is 28.8 Å². The Bertz CT molecular complexity index is 6100. The molecule has 0 spiro atoms. The van der Waals surface area contributed by atoms with Crippen LogP contribution in [0.5, 0.6) is 103 Å². The number of rotatable bonds is 34. The van der Waals surface area contributed by atoms with Crippen molar-refractivity contribution < 1.29 is 142 Å². The molecule has 134 heavy (non-hydrogen) atoms. The Labute approximate surface area is 774 Å².